The largest absolute Gasteiger partial charge is 0.298 e. The van der Waals surface area contributed by atoms with E-state index in [1.807, 2.05) is 0 Å². The van der Waals surface area contributed by atoms with Gasteiger partial charge < -0.3 is 0 Å². The average molecular weight is 219 g/mol. The van der Waals surface area contributed by atoms with Gasteiger partial charge in [-0.15, -0.1) is 0 Å². The van der Waals surface area contributed by atoms with Crippen LogP contribution in [0.25, 0.3) is 0 Å². The molecule has 0 saturated carbocycles. The van der Waals surface area contributed by atoms with Crippen LogP contribution in [0.15, 0.2) is 0 Å². The summed E-state index contributed by atoms with van der Waals surface area (Å²) in [7, 11) is -1.23. The predicted molar refractivity (Wildman–Crippen MR) is 53.5 cm³/mol. The molecule has 0 aromatic heterocycles. The number of nitrogens with zero attached hydrogens (tertiary/aromatic N) is 1. The lowest BCUT2D eigenvalue weighted by Crippen LogP contribution is -2.39. The van der Waals surface area contributed by atoms with Gasteiger partial charge >= 0.3 is 0 Å². The highest BCUT2D eigenvalue weighted by Gasteiger charge is 2.43. The van der Waals surface area contributed by atoms with E-state index in [2.05, 4.69) is 11.9 Å². The first-order chi connectivity index (χ1) is 6.47. The smallest absolute Gasteiger partial charge is 0.264 e. The summed E-state index contributed by atoms with van der Waals surface area (Å²) in [6.07, 6.45) is 5.33. The van der Waals surface area contributed by atoms with Crippen LogP contribution in [0, 0.1) is 0 Å². The maximum absolute atomic E-state index is 11.0. The Labute approximate surface area is 85.4 Å². The zero-order chi connectivity index (χ0) is 10.3. The number of piperidine rings is 1. The molecule has 0 amide bonds. The second-order valence-electron chi connectivity index (χ2n) is 4.39. The monoisotopic (exact) mass is 219 g/mol. The molecule has 82 valence electrons. The SMILES string of the molecule is CN1C2CCCC1C(OS(C)(=O)=O)C2. The van der Waals surface area contributed by atoms with Crippen molar-refractivity contribution in [3.63, 3.8) is 0 Å². The van der Waals surface area contributed by atoms with E-state index in [0.717, 1.165) is 19.1 Å². The fourth-order valence-electron chi connectivity index (χ4n) is 2.73. The molecule has 2 aliphatic heterocycles. The molecule has 0 aliphatic carbocycles. The molecule has 0 aromatic carbocycles. The summed E-state index contributed by atoms with van der Waals surface area (Å²) in [6.45, 7) is 0. The molecule has 2 rings (SSSR count). The van der Waals surface area contributed by atoms with Crippen LogP contribution >= 0.6 is 0 Å². The lowest BCUT2D eigenvalue weighted by molar-refractivity contribution is 0.122. The normalized spacial score (nSPS) is 38.9. The molecule has 2 heterocycles. The molecular formula is C9H17NO3S. The molecule has 14 heavy (non-hydrogen) atoms. The molecule has 2 bridgehead atoms. The minimum absolute atomic E-state index is 0.109. The van der Waals surface area contributed by atoms with Gasteiger partial charge in [-0.05, 0) is 26.3 Å². The molecular weight excluding hydrogens is 202 g/mol. The van der Waals surface area contributed by atoms with E-state index in [1.54, 1.807) is 0 Å². The highest BCUT2D eigenvalue weighted by atomic mass is 32.2. The molecule has 3 atom stereocenters. The fourth-order valence-corrected chi connectivity index (χ4v) is 3.38. The van der Waals surface area contributed by atoms with Gasteiger partial charge in [-0.3, -0.25) is 9.08 Å². The highest BCUT2D eigenvalue weighted by molar-refractivity contribution is 7.86. The second-order valence-corrected chi connectivity index (χ2v) is 5.99. The van der Waals surface area contributed by atoms with E-state index in [-0.39, 0.29) is 6.10 Å². The molecule has 2 aliphatic rings. The quantitative estimate of drug-likeness (QED) is 0.638. The topological polar surface area (TPSA) is 46.6 Å². The molecule has 5 heteroatoms. The summed E-state index contributed by atoms with van der Waals surface area (Å²) in [6, 6.07) is 0.837. The number of rotatable bonds is 2. The van der Waals surface area contributed by atoms with Crippen LogP contribution in [-0.4, -0.2) is 44.8 Å². The minimum Gasteiger partial charge on any atom is -0.298 e. The van der Waals surface area contributed by atoms with Gasteiger partial charge in [0.2, 0.25) is 0 Å². The molecule has 2 saturated heterocycles. The van der Waals surface area contributed by atoms with Gasteiger partial charge in [-0.2, -0.15) is 8.42 Å². The first-order valence-corrected chi connectivity index (χ1v) is 6.89. The van der Waals surface area contributed by atoms with E-state index in [9.17, 15) is 8.42 Å². The van der Waals surface area contributed by atoms with Crippen molar-refractivity contribution in [3.8, 4) is 0 Å². The number of hydrogen-bond donors (Lipinski definition) is 0. The van der Waals surface area contributed by atoms with Gasteiger partial charge in [0.1, 0.15) is 0 Å². The fraction of sp³-hybridized carbons (Fsp3) is 1.00. The lowest BCUT2D eigenvalue weighted by atomic mass is 10.0. The van der Waals surface area contributed by atoms with Crippen LogP contribution in [0.3, 0.4) is 0 Å². The van der Waals surface area contributed by atoms with Crippen LogP contribution in [-0.2, 0) is 14.3 Å². The zero-order valence-electron chi connectivity index (χ0n) is 8.64. The molecule has 2 fully saturated rings. The van der Waals surface area contributed by atoms with Gasteiger partial charge in [0, 0.05) is 12.1 Å². The summed E-state index contributed by atoms with van der Waals surface area (Å²) in [4.78, 5) is 2.28. The van der Waals surface area contributed by atoms with Crippen molar-refractivity contribution in [1.82, 2.24) is 4.90 Å². The van der Waals surface area contributed by atoms with E-state index < -0.39 is 10.1 Å². The van der Waals surface area contributed by atoms with Gasteiger partial charge in [0.25, 0.3) is 10.1 Å². The van der Waals surface area contributed by atoms with Gasteiger partial charge in [-0.1, -0.05) is 6.42 Å². The van der Waals surface area contributed by atoms with Gasteiger partial charge in [-0.25, -0.2) is 0 Å². The number of fused-ring (bicyclic) bond motifs is 2. The van der Waals surface area contributed by atoms with Crippen molar-refractivity contribution in [2.24, 2.45) is 0 Å². The second kappa shape index (κ2) is 3.47. The molecule has 0 aromatic rings. The Hall–Kier alpha value is -0.130. The minimum atomic E-state index is -3.30. The summed E-state index contributed by atoms with van der Waals surface area (Å²) >= 11 is 0. The summed E-state index contributed by atoms with van der Waals surface area (Å²) in [5, 5.41) is 0. The molecule has 0 spiro atoms. The third-order valence-electron chi connectivity index (χ3n) is 3.37. The molecule has 3 unspecified atom stereocenters. The maximum Gasteiger partial charge on any atom is 0.264 e. The van der Waals surface area contributed by atoms with Crippen molar-refractivity contribution >= 4 is 10.1 Å². The average Bonchev–Trinajstić information content (AvgIpc) is 2.27. The van der Waals surface area contributed by atoms with Crippen LogP contribution in [0.5, 0.6) is 0 Å². The van der Waals surface area contributed by atoms with Crippen molar-refractivity contribution in [2.45, 2.75) is 43.9 Å². The first-order valence-electron chi connectivity index (χ1n) is 5.07. The zero-order valence-corrected chi connectivity index (χ0v) is 9.46. The summed E-state index contributed by atoms with van der Waals surface area (Å²) < 4.78 is 27.2. The van der Waals surface area contributed by atoms with Crippen molar-refractivity contribution in [1.29, 1.82) is 0 Å². The number of hydrogen-bond acceptors (Lipinski definition) is 4. The highest BCUT2D eigenvalue weighted by Crippen LogP contribution is 2.36. The van der Waals surface area contributed by atoms with E-state index in [4.69, 9.17) is 4.18 Å². The van der Waals surface area contributed by atoms with Gasteiger partial charge in [0.05, 0.1) is 12.4 Å². The van der Waals surface area contributed by atoms with Crippen LogP contribution in [0.4, 0.5) is 0 Å². The Balaban J connectivity index is 2.09. The Kier molecular flexibility index (Phi) is 2.57. The van der Waals surface area contributed by atoms with E-state index in [0.29, 0.717) is 12.1 Å². The summed E-state index contributed by atoms with van der Waals surface area (Å²) in [5.41, 5.74) is 0. The Morgan fingerprint density at radius 1 is 1.36 bits per heavy atom. The third kappa shape index (κ3) is 1.94. The lowest BCUT2D eigenvalue weighted by Gasteiger charge is -2.31. The van der Waals surface area contributed by atoms with Crippen LogP contribution in [0.2, 0.25) is 0 Å². The maximum atomic E-state index is 11.0. The number of likely N-dealkylation sites (N-methyl/N-ethyl adjacent to an activating group) is 1. The summed E-state index contributed by atoms with van der Waals surface area (Å²) in [5.74, 6) is 0. The Morgan fingerprint density at radius 2 is 2.07 bits per heavy atom. The van der Waals surface area contributed by atoms with E-state index in [1.165, 1.54) is 12.8 Å². The molecule has 0 radical (unpaired) electrons. The Morgan fingerprint density at radius 3 is 2.64 bits per heavy atom. The van der Waals surface area contributed by atoms with Crippen molar-refractivity contribution < 1.29 is 12.6 Å². The van der Waals surface area contributed by atoms with Crippen LogP contribution in [0.1, 0.15) is 25.7 Å². The standard InChI is InChI=1S/C9H17NO3S/c1-10-7-4-3-5-8(10)9(6-7)13-14(2,11)12/h7-9H,3-6H2,1-2H3. The van der Waals surface area contributed by atoms with E-state index >= 15 is 0 Å². The van der Waals surface area contributed by atoms with Crippen LogP contribution < -0.4 is 0 Å². The van der Waals surface area contributed by atoms with Crippen molar-refractivity contribution in [2.75, 3.05) is 13.3 Å². The van der Waals surface area contributed by atoms with Crippen molar-refractivity contribution in [3.05, 3.63) is 0 Å². The molecule has 4 nitrogen and oxygen atoms in total. The first kappa shape index (κ1) is 10.4. The predicted octanol–water partition coefficient (Wildman–Crippen LogP) is 0.588. The third-order valence-corrected chi connectivity index (χ3v) is 3.97. The van der Waals surface area contributed by atoms with Gasteiger partial charge in [0.15, 0.2) is 0 Å². The Bertz CT molecular complexity index is 314. The molecule has 0 N–H and O–H groups in total.